The lowest BCUT2D eigenvalue weighted by Crippen LogP contribution is -2.47. The van der Waals surface area contributed by atoms with Gasteiger partial charge in [0, 0.05) is 19.3 Å². The molecule has 0 saturated carbocycles. The van der Waals surface area contributed by atoms with Crippen LogP contribution in [0.3, 0.4) is 0 Å². The molecule has 0 aromatic rings. The molecular weight excluding hydrogens is 372 g/mol. The average molecular weight is 400 g/mol. The Kier molecular flexibility index (Phi) is 8.39. The van der Waals surface area contributed by atoms with Gasteiger partial charge in [-0.15, -0.1) is 5.06 Å². The smallest absolute Gasteiger partial charge is 0.408 e. The maximum absolute atomic E-state index is 12.4. The van der Waals surface area contributed by atoms with Crippen molar-refractivity contribution in [1.29, 1.82) is 0 Å². The van der Waals surface area contributed by atoms with Crippen molar-refractivity contribution in [3.05, 3.63) is 0 Å². The molecular formula is C18H28N2O8. The van der Waals surface area contributed by atoms with Crippen LogP contribution in [0, 0.1) is 5.92 Å². The number of carbonyl (C=O) groups is 5. The van der Waals surface area contributed by atoms with E-state index in [2.05, 4.69) is 5.32 Å². The Balaban J connectivity index is 2.74. The highest BCUT2D eigenvalue weighted by Gasteiger charge is 2.36. The van der Waals surface area contributed by atoms with Gasteiger partial charge in [0.15, 0.2) is 0 Å². The number of carbonyl (C=O) groups excluding carboxylic acids is 5. The SMILES string of the molecule is CC(C)COC(=O)CC[C@H](NC(=O)OC(C)(C)C)C(=O)ON1C(=O)CCC1=O. The van der Waals surface area contributed by atoms with Crippen LogP contribution in [0.1, 0.15) is 60.3 Å². The predicted octanol–water partition coefficient (Wildman–Crippen LogP) is 1.47. The first-order valence-corrected chi connectivity index (χ1v) is 9.11. The number of nitrogens with one attached hydrogen (secondary N) is 1. The number of alkyl carbamates (subject to hydrolysis) is 1. The van der Waals surface area contributed by atoms with Crippen molar-refractivity contribution < 1.29 is 38.3 Å². The molecule has 3 amide bonds. The Morgan fingerprint density at radius 3 is 2.18 bits per heavy atom. The lowest BCUT2D eigenvalue weighted by Gasteiger charge is -2.23. The summed E-state index contributed by atoms with van der Waals surface area (Å²) in [4.78, 5) is 64.2. The van der Waals surface area contributed by atoms with Crippen molar-refractivity contribution in [3.8, 4) is 0 Å². The minimum atomic E-state index is -1.30. The summed E-state index contributed by atoms with van der Waals surface area (Å²) in [5.74, 6) is -2.75. The first kappa shape index (κ1) is 23.4. The molecule has 1 rings (SSSR count). The van der Waals surface area contributed by atoms with Gasteiger partial charge in [0.05, 0.1) is 6.61 Å². The lowest BCUT2D eigenvalue weighted by atomic mass is 10.1. The quantitative estimate of drug-likeness (QED) is 0.479. The lowest BCUT2D eigenvalue weighted by molar-refractivity contribution is -0.199. The zero-order valence-electron chi connectivity index (χ0n) is 16.9. The summed E-state index contributed by atoms with van der Waals surface area (Å²) < 4.78 is 10.1. The van der Waals surface area contributed by atoms with Crippen LogP contribution in [0.25, 0.3) is 0 Å². The van der Waals surface area contributed by atoms with Crippen LogP contribution in [-0.4, -0.2) is 53.2 Å². The molecule has 0 aliphatic carbocycles. The molecule has 1 N–H and O–H groups in total. The largest absolute Gasteiger partial charge is 0.465 e. The molecule has 10 heteroatoms. The molecule has 0 spiro atoms. The van der Waals surface area contributed by atoms with E-state index in [4.69, 9.17) is 14.3 Å². The summed E-state index contributed by atoms with van der Waals surface area (Å²) in [6, 6.07) is -1.30. The minimum Gasteiger partial charge on any atom is -0.465 e. The molecule has 1 aliphatic rings. The van der Waals surface area contributed by atoms with Gasteiger partial charge in [-0.05, 0) is 33.1 Å². The van der Waals surface area contributed by atoms with Gasteiger partial charge in [-0.2, -0.15) is 0 Å². The summed E-state index contributed by atoms with van der Waals surface area (Å²) in [5.41, 5.74) is -0.810. The van der Waals surface area contributed by atoms with E-state index in [9.17, 15) is 24.0 Å². The van der Waals surface area contributed by atoms with Crippen molar-refractivity contribution in [2.75, 3.05) is 6.61 Å². The fourth-order valence-electron chi connectivity index (χ4n) is 2.10. The Morgan fingerprint density at radius 1 is 1.11 bits per heavy atom. The van der Waals surface area contributed by atoms with Gasteiger partial charge in [0.25, 0.3) is 11.8 Å². The van der Waals surface area contributed by atoms with Gasteiger partial charge in [0.1, 0.15) is 11.6 Å². The van der Waals surface area contributed by atoms with E-state index >= 15 is 0 Å². The van der Waals surface area contributed by atoms with E-state index in [0.29, 0.717) is 5.06 Å². The van der Waals surface area contributed by atoms with Crippen LogP contribution >= 0.6 is 0 Å². The Labute approximate surface area is 163 Å². The molecule has 0 radical (unpaired) electrons. The molecule has 1 aliphatic heterocycles. The maximum Gasteiger partial charge on any atom is 0.408 e. The second-order valence-electron chi connectivity index (χ2n) is 7.81. The summed E-state index contributed by atoms with van der Waals surface area (Å²) >= 11 is 0. The monoisotopic (exact) mass is 400 g/mol. The fourth-order valence-corrected chi connectivity index (χ4v) is 2.10. The average Bonchev–Trinajstić information content (AvgIpc) is 2.86. The van der Waals surface area contributed by atoms with Crippen molar-refractivity contribution in [1.82, 2.24) is 10.4 Å². The number of rotatable bonds is 8. The van der Waals surface area contributed by atoms with E-state index in [1.807, 2.05) is 13.8 Å². The Bertz CT molecular complexity index is 608. The predicted molar refractivity (Wildman–Crippen MR) is 95.4 cm³/mol. The zero-order chi connectivity index (χ0) is 21.5. The second-order valence-corrected chi connectivity index (χ2v) is 7.81. The number of esters is 1. The van der Waals surface area contributed by atoms with Gasteiger partial charge >= 0.3 is 18.0 Å². The van der Waals surface area contributed by atoms with Crippen LogP contribution in [0.5, 0.6) is 0 Å². The molecule has 0 aromatic carbocycles. The Morgan fingerprint density at radius 2 is 1.68 bits per heavy atom. The third kappa shape index (κ3) is 8.36. The molecule has 1 heterocycles. The first-order chi connectivity index (χ1) is 12.9. The highest BCUT2D eigenvalue weighted by Crippen LogP contribution is 2.14. The van der Waals surface area contributed by atoms with Gasteiger partial charge in [-0.3, -0.25) is 14.4 Å². The number of hydrogen-bond donors (Lipinski definition) is 1. The van der Waals surface area contributed by atoms with Gasteiger partial charge in [-0.1, -0.05) is 13.8 Å². The number of nitrogens with zero attached hydrogens (tertiary/aromatic N) is 1. The molecule has 0 unspecified atom stereocenters. The van der Waals surface area contributed by atoms with Crippen LogP contribution in [0.15, 0.2) is 0 Å². The molecule has 0 bridgehead atoms. The molecule has 1 saturated heterocycles. The van der Waals surface area contributed by atoms with Gasteiger partial charge in [-0.25, -0.2) is 9.59 Å². The standard InChI is InChI=1S/C18H28N2O8/c1-11(2)10-26-15(23)9-6-12(19-17(25)27-18(3,4)5)16(24)28-20-13(21)7-8-14(20)22/h11-12H,6-10H2,1-5H3,(H,19,25)/t12-/m0/s1. The summed E-state index contributed by atoms with van der Waals surface area (Å²) in [7, 11) is 0. The molecule has 1 fully saturated rings. The minimum absolute atomic E-state index is 0.0577. The molecule has 1 atom stereocenters. The topological polar surface area (TPSA) is 128 Å². The zero-order valence-corrected chi connectivity index (χ0v) is 16.9. The number of amides is 3. The third-order valence-electron chi connectivity index (χ3n) is 3.38. The number of imide groups is 1. The van der Waals surface area contributed by atoms with Crippen molar-refractivity contribution in [2.24, 2.45) is 5.92 Å². The van der Waals surface area contributed by atoms with Crippen LogP contribution in [-0.2, 0) is 33.5 Å². The van der Waals surface area contributed by atoms with Crippen molar-refractivity contribution in [3.63, 3.8) is 0 Å². The summed E-state index contributed by atoms with van der Waals surface area (Å²) in [6.45, 7) is 8.91. The number of hydrogen-bond acceptors (Lipinski definition) is 8. The van der Waals surface area contributed by atoms with Gasteiger partial charge in [0.2, 0.25) is 0 Å². The van der Waals surface area contributed by atoms with Crippen molar-refractivity contribution in [2.45, 2.75) is 71.9 Å². The maximum atomic E-state index is 12.4. The highest BCUT2D eigenvalue weighted by atomic mass is 16.7. The third-order valence-corrected chi connectivity index (χ3v) is 3.38. The second kappa shape index (κ2) is 10.0. The van der Waals surface area contributed by atoms with Crippen LogP contribution in [0.2, 0.25) is 0 Å². The van der Waals surface area contributed by atoms with Crippen LogP contribution in [0.4, 0.5) is 4.79 Å². The molecule has 0 aromatic heterocycles. The molecule has 158 valence electrons. The molecule has 28 heavy (non-hydrogen) atoms. The fraction of sp³-hybridized carbons (Fsp3) is 0.722. The summed E-state index contributed by atoms with van der Waals surface area (Å²) in [5, 5.41) is 2.68. The van der Waals surface area contributed by atoms with E-state index < -0.39 is 41.5 Å². The van der Waals surface area contributed by atoms with Gasteiger partial charge < -0.3 is 19.6 Å². The number of hydroxylamine groups is 2. The first-order valence-electron chi connectivity index (χ1n) is 9.11. The van der Waals surface area contributed by atoms with Crippen LogP contribution < -0.4 is 5.32 Å². The Hall–Kier alpha value is -2.65. The van der Waals surface area contributed by atoms with E-state index in [0.717, 1.165) is 0 Å². The summed E-state index contributed by atoms with van der Waals surface area (Å²) in [6.07, 6.45) is -1.34. The highest BCUT2D eigenvalue weighted by molar-refractivity contribution is 6.01. The normalized spacial score (nSPS) is 15.4. The number of ether oxygens (including phenoxy) is 2. The molecule has 10 nitrogen and oxygen atoms in total. The van der Waals surface area contributed by atoms with E-state index in [-0.39, 0.29) is 38.2 Å². The van der Waals surface area contributed by atoms with Crippen molar-refractivity contribution >= 4 is 29.8 Å². The van der Waals surface area contributed by atoms with E-state index in [1.54, 1.807) is 20.8 Å². The van der Waals surface area contributed by atoms with E-state index in [1.165, 1.54) is 0 Å².